The van der Waals surface area contributed by atoms with Crippen LogP contribution in [0.3, 0.4) is 0 Å². The first kappa shape index (κ1) is 11.1. The summed E-state index contributed by atoms with van der Waals surface area (Å²) in [5.41, 5.74) is 1.20. The summed E-state index contributed by atoms with van der Waals surface area (Å²) in [6, 6.07) is 0. The molecule has 78 valence electrons. The Balaban J connectivity index is 2.65. The molecule has 0 aromatic heterocycles. The first-order chi connectivity index (χ1) is 5.72. The molecule has 0 heterocycles. The van der Waals surface area contributed by atoms with Gasteiger partial charge >= 0.3 is 0 Å². The maximum atomic E-state index is 2.47. The lowest BCUT2D eigenvalue weighted by atomic mass is 9.74. The summed E-state index contributed by atoms with van der Waals surface area (Å²) in [5, 5.41) is 0. The molecule has 0 spiro atoms. The minimum atomic E-state index is 0.593. The van der Waals surface area contributed by atoms with Gasteiger partial charge in [-0.05, 0) is 35.0 Å². The van der Waals surface area contributed by atoms with Crippen LogP contribution in [-0.2, 0) is 0 Å². The van der Waals surface area contributed by atoms with Gasteiger partial charge in [0.1, 0.15) is 0 Å². The van der Waals surface area contributed by atoms with Crippen molar-refractivity contribution in [3.63, 3.8) is 0 Å². The third kappa shape index (κ3) is 1.65. The molecule has 0 heteroatoms. The number of rotatable bonds is 3. The largest absolute Gasteiger partial charge is 0.0625 e. The zero-order chi connectivity index (χ0) is 10.4. The van der Waals surface area contributed by atoms with Gasteiger partial charge in [-0.15, -0.1) is 0 Å². The summed E-state index contributed by atoms with van der Waals surface area (Å²) in [7, 11) is 0. The quantitative estimate of drug-likeness (QED) is 0.608. The van der Waals surface area contributed by atoms with Crippen LogP contribution in [0, 0.1) is 28.6 Å². The van der Waals surface area contributed by atoms with Gasteiger partial charge in [-0.3, -0.25) is 0 Å². The van der Waals surface area contributed by atoms with Gasteiger partial charge in [-0.1, -0.05) is 48.5 Å². The Morgan fingerprint density at radius 3 is 1.54 bits per heavy atom. The van der Waals surface area contributed by atoms with E-state index in [4.69, 9.17) is 0 Å². The molecular formula is C13H26. The Morgan fingerprint density at radius 1 is 0.923 bits per heavy atom. The van der Waals surface area contributed by atoms with E-state index in [0.29, 0.717) is 10.8 Å². The fourth-order valence-electron chi connectivity index (χ4n) is 2.81. The van der Waals surface area contributed by atoms with E-state index < -0.39 is 0 Å². The zero-order valence-electron chi connectivity index (χ0n) is 10.4. The summed E-state index contributed by atoms with van der Waals surface area (Å²) in [6.45, 7) is 16.8. The minimum Gasteiger partial charge on any atom is -0.0625 e. The first-order valence-electron chi connectivity index (χ1n) is 5.72. The number of hydrogen-bond donors (Lipinski definition) is 0. The van der Waals surface area contributed by atoms with Gasteiger partial charge in [0.25, 0.3) is 0 Å². The van der Waals surface area contributed by atoms with Crippen LogP contribution in [0.2, 0.25) is 0 Å². The first-order valence-corrected chi connectivity index (χ1v) is 5.72. The minimum absolute atomic E-state index is 0.593. The van der Waals surface area contributed by atoms with Crippen LogP contribution in [0.5, 0.6) is 0 Å². The normalized spacial score (nSPS) is 36.0. The summed E-state index contributed by atoms with van der Waals surface area (Å²) < 4.78 is 0. The van der Waals surface area contributed by atoms with Crippen molar-refractivity contribution < 1.29 is 0 Å². The highest BCUT2D eigenvalue weighted by Crippen LogP contribution is 2.68. The average Bonchev–Trinajstić information content (AvgIpc) is 2.49. The summed E-state index contributed by atoms with van der Waals surface area (Å²) in [4.78, 5) is 0. The van der Waals surface area contributed by atoms with E-state index in [1.807, 2.05) is 0 Å². The average molecular weight is 182 g/mol. The smallest absolute Gasteiger partial charge is 0.0241 e. The van der Waals surface area contributed by atoms with Crippen molar-refractivity contribution in [1.82, 2.24) is 0 Å². The molecule has 0 aliphatic heterocycles. The van der Waals surface area contributed by atoms with Crippen LogP contribution < -0.4 is 0 Å². The SMILES string of the molecule is CC(C)C(C)C(C)C1(C)CC1(C)C. The van der Waals surface area contributed by atoms with Crippen molar-refractivity contribution in [2.75, 3.05) is 0 Å². The van der Waals surface area contributed by atoms with Crippen LogP contribution in [-0.4, -0.2) is 0 Å². The Bertz CT molecular complexity index is 190. The van der Waals surface area contributed by atoms with Crippen LogP contribution >= 0.6 is 0 Å². The lowest BCUT2D eigenvalue weighted by Gasteiger charge is -2.31. The Hall–Kier alpha value is 0. The van der Waals surface area contributed by atoms with Crippen molar-refractivity contribution in [3.8, 4) is 0 Å². The molecule has 3 atom stereocenters. The van der Waals surface area contributed by atoms with Crippen molar-refractivity contribution in [3.05, 3.63) is 0 Å². The molecule has 0 nitrogen and oxygen atoms in total. The molecule has 0 aromatic carbocycles. The second kappa shape index (κ2) is 3.00. The molecule has 0 aromatic rings. The lowest BCUT2D eigenvalue weighted by molar-refractivity contribution is 0.174. The number of hydrogen-bond acceptors (Lipinski definition) is 0. The maximum Gasteiger partial charge on any atom is -0.0241 e. The molecule has 0 amide bonds. The monoisotopic (exact) mass is 182 g/mol. The third-order valence-electron chi connectivity index (χ3n) is 5.08. The predicted octanol–water partition coefficient (Wildman–Crippen LogP) is 4.35. The molecule has 0 saturated heterocycles. The lowest BCUT2D eigenvalue weighted by Crippen LogP contribution is -2.25. The molecule has 1 aliphatic rings. The van der Waals surface area contributed by atoms with E-state index in [-0.39, 0.29) is 0 Å². The highest BCUT2D eigenvalue weighted by Gasteiger charge is 2.60. The van der Waals surface area contributed by atoms with Crippen LogP contribution in [0.25, 0.3) is 0 Å². The van der Waals surface area contributed by atoms with E-state index in [1.165, 1.54) is 6.42 Å². The van der Waals surface area contributed by atoms with Crippen LogP contribution in [0.1, 0.15) is 54.9 Å². The molecular weight excluding hydrogens is 156 g/mol. The van der Waals surface area contributed by atoms with Crippen molar-refractivity contribution in [2.24, 2.45) is 28.6 Å². The predicted molar refractivity (Wildman–Crippen MR) is 59.7 cm³/mol. The van der Waals surface area contributed by atoms with E-state index in [1.54, 1.807) is 0 Å². The van der Waals surface area contributed by atoms with Gasteiger partial charge in [-0.2, -0.15) is 0 Å². The van der Waals surface area contributed by atoms with Crippen molar-refractivity contribution in [2.45, 2.75) is 54.9 Å². The van der Waals surface area contributed by atoms with Crippen molar-refractivity contribution >= 4 is 0 Å². The molecule has 0 bridgehead atoms. The Labute approximate surface area is 84.1 Å². The van der Waals surface area contributed by atoms with E-state index in [9.17, 15) is 0 Å². The fourth-order valence-corrected chi connectivity index (χ4v) is 2.81. The highest BCUT2D eigenvalue weighted by atomic mass is 14.6. The van der Waals surface area contributed by atoms with Crippen LogP contribution in [0.15, 0.2) is 0 Å². The summed E-state index contributed by atoms with van der Waals surface area (Å²) in [5.74, 6) is 2.54. The van der Waals surface area contributed by atoms with Crippen molar-refractivity contribution in [1.29, 1.82) is 0 Å². The van der Waals surface area contributed by atoms with Gasteiger partial charge in [-0.25, -0.2) is 0 Å². The summed E-state index contributed by atoms with van der Waals surface area (Å²) in [6.07, 6.45) is 1.41. The van der Waals surface area contributed by atoms with E-state index in [0.717, 1.165) is 17.8 Å². The molecule has 3 unspecified atom stereocenters. The molecule has 1 aliphatic carbocycles. The van der Waals surface area contributed by atoms with Gasteiger partial charge in [0.05, 0.1) is 0 Å². The molecule has 1 saturated carbocycles. The second-order valence-electron chi connectivity index (χ2n) is 6.37. The van der Waals surface area contributed by atoms with Gasteiger partial charge in [0.2, 0.25) is 0 Å². The third-order valence-corrected chi connectivity index (χ3v) is 5.08. The molecule has 13 heavy (non-hydrogen) atoms. The van der Waals surface area contributed by atoms with E-state index >= 15 is 0 Å². The maximum absolute atomic E-state index is 2.47. The fraction of sp³-hybridized carbons (Fsp3) is 1.00. The van der Waals surface area contributed by atoms with Crippen LogP contribution in [0.4, 0.5) is 0 Å². The summed E-state index contributed by atoms with van der Waals surface area (Å²) >= 11 is 0. The van der Waals surface area contributed by atoms with Gasteiger partial charge in [0, 0.05) is 0 Å². The topological polar surface area (TPSA) is 0 Å². The Morgan fingerprint density at radius 2 is 1.31 bits per heavy atom. The van der Waals surface area contributed by atoms with Gasteiger partial charge in [0.15, 0.2) is 0 Å². The molecule has 1 rings (SSSR count). The Kier molecular flexibility index (Phi) is 2.56. The van der Waals surface area contributed by atoms with Gasteiger partial charge < -0.3 is 0 Å². The standard InChI is InChI=1S/C13H26/c1-9(2)10(3)11(4)13(7)8-12(13,5)6/h9-11H,8H2,1-7H3. The zero-order valence-corrected chi connectivity index (χ0v) is 10.4. The highest BCUT2D eigenvalue weighted by molar-refractivity contribution is 5.09. The van der Waals surface area contributed by atoms with E-state index in [2.05, 4.69) is 48.5 Å². The molecule has 0 N–H and O–H groups in total. The molecule has 0 radical (unpaired) electrons. The molecule has 1 fully saturated rings. The second-order valence-corrected chi connectivity index (χ2v) is 6.37.